The molecule has 2 amide bonds. The van der Waals surface area contributed by atoms with E-state index in [0.717, 1.165) is 12.4 Å². The third-order valence-electron chi connectivity index (χ3n) is 3.84. The van der Waals surface area contributed by atoms with Crippen LogP contribution in [0, 0.1) is 0 Å². The first-order chi connectivity index (χ1) is 10.1. The van der Waals surface area contributed by atoms with E-state index in [1.54, 1.807) is 18.6 Å². The predicted molar refractivity (Wildman–Crippen MR) is 78.1 cm³/mol. The summed E-state index contributed by atoms with van der Waals surface area (Å²) in [6.45, 7) is 6.63. The number of urea groups is 1. The number of morpholine rings is 1. The largest absolute Gasteiger partial charge is 0.372 e. The van der Waals surface area contributed by atoms with Crippen molar-refractivity contribution < 1.29 is 9.53 Å². The van der Waals surface area contributed by atoms with Crippen LogP contribution in [0.1, 0.15) is 13.8 Å². The summed E-state index contributed by atoms with van der Waals surface area (Å²) < 4.78 is 5.83. The summed E-state index contributed by atoms with van der Waals surface area (Å²) in [4.78, 5) is 24.7. The Morgan fingerprint density at radius 1 is 1.43 bits per heavy atom. The lowest BCUT2D eigenvalue weighted by Gasteiger charge is -2.37. The lowest BCUT2D eigenvalue weighted by Crippen LogP contribution is -2.51. The Balaban J connectivity index is 1.72. The molecule has 0 aromatic carbocycles. The van der Waals surface area contributed by atoms with Gasteiger partial charge in [-0.3, -0.25) is 4.98 Å². The molecule has 114 valence electrons. The van der Waals surface area contributed by atoms with E-state index in [0.29, 0.717) is 19.7 Å². The molecule has 0 saturated carbocycles. The molecule has 0 aliphatic carbocycles. The van der Waals surface area contributed by atoms with Crippen LogP contribution in [-0.4, -0.2) is 65.3 Å². The van der Waals surface area contributed by atoms with Gasteiger partial charge in [-0.25, -0.2) is 9.78 Å². The molecule has 2 fully saturated rings. The summed E-state index contributed by atoms with van der Waals surface area (Å²) in [5.74, 6) is 0.849. The third-order valence-corrected chi connectivity index (χ3v) is 3.84. The molecule has 1 aromatic rings. The summed E-state index contributed by atoms with van der Waals surface area (Å²) in [7, 11) is 0. The summed E-state index contributed by atoms with van der Waals surface area (Å²) >= 11 is 0. The van der Waals surface area contributed by atoms with E-state index in [1.165, 1.54) is 0 Å². The van der Waals surface area contributed by atoms with Crippen molar-refractivity contribution >= 4 is 11.8 Å². The lowest BCUT2D eigenvalue weighted by molar-refractivity contribution is 0.0317. The number of anilines is 1. The predicted octanol–water partition coefficient (Wildman–Crippen LogP) is 0.484. The number of hydrogen-bond acceptors (Lipinski definition) is 5. The maximum atomic E-state index is 12.2. The van der Waals surface area contributed by atoms with E-state index in [2.05, 4.69) is 20.2 Å². The number of nitrogens with one attached hydrogen (secondary N) is 1. The quantitative estimate of drug-likeness (QED) is 0.858. The molecule has 3 rings (SSSR count). The number of carbonyl (C=O) groups excluding carboxylic acids is 1. The van der Waals surface area contributed by atoms with E-state index in [9.17, 15) is 4.79 Å². The average molecular weight is 291 g/mol. The Morgan fingerprint density at radius 3 is 3.00 bits per heavy atom. The number of likely N-dealkylation sites (tertiary alicyclic amines) is 1. The highest BCUT2D eigenvalue weighted by Gasteiger charge is 2.42. The normalized spacial score (nSPS) is 25.1. The van der Waals surface area contributed by atoms with Crippen LogP contribution in [0.15, 0.2) is 18.6 Å². The van der Waals surface area contributed by atoms with E-state index in [4.69, 9.17) is 4.74 Å². The van der Waals surface area contributed by atoms with Crippen molar-refractivity contribution in [3.63, 3.8) is 0 Å². The molecule has 1 N–H and O–H groups in total. The van der Waals surface area contributed by atoms with Gasteiger partial charge in [0.1, 0.15) is 5.82 Å². The summed E-state index contributed by atoms with van der Waals surface area (Å²) in [6.07, 6.45) is 5.16. The second-order valence-corrected chi connectivity index (χ2v) is 5.74. The van der Waals surface area contributed by atoms with Gasteiger partial charge in [-0.2, -0.15) is 0 Å². The third kappa shape index (κ3) is 2.92. The zero-order chi connectivity index (χ0) is 14.8. The topological polar surface area (TPSA) is 70.6 Å². The Hall–Kier alpha value is -1.89. The van der Waals surface area contributed by atoms with Crippen molar-refractivity contribution in [3.05, 3.63) is 18.6 Å². The number of rotatable bonds is 2. The minimum atomic E-state index is -0.0258. The molecule has 0 bridgehead atoms. The minimum Gasteiger partial charge on any atom is -0.372 e. The number of ether oxygens (including phenoxy) is 1. The highest BCUT2D eigenvalue weighted by Crippen LogP contribution is 2.26. The van der Waals surface area contributed by atoms with Crippen molar-refractivity contribution in [3.8, 4) is 0 Å². The van der Waals surface area contributed by atoms with Crippen molar-refractivity contribution in [2.45, 2.75) is 32.0 Å². The fourth-order valence-electron chi connectivity index (χ4n) is 2.92. The molecule has 2 aliphatic heterocycles. The van der Waals surface area contributed by atoms with Gasteiger partial charge in [-0.1, -0.05) is 0 Å². The minimum absolute atomic E-state index is 0.0258. The fraction of sp³-hybridized carbons (Fsp3) is 0.643. The number of aromatic nitrogens is 2. The second kappa shape index (κ2) is 5.85. The smallest absolute Gasteiger partial charge is 0.317 e. The molecule has 2 saturated heterocycles. The summed E-state index contributed by atoms with van der Waals surface area (Å²) in [5.41, 5.74) is 0. The zero-order valence-electron chi connectivity index (χ0n) is 12.4. The number of carbonyl (C=O) groups is 1. The van der Waals surface area contributed by atoms with E-state index in [1.807, 2.05) is 18.7 Å². The van der Waals surface area contributed by atoms with E-state index in [-0.39, 0.29) is 24.2 Å². The first kappa shape index (κ1) is 14.1. The number of hydrogen-bond donors (Lipinski definition) is 1. The van der Waals surface area contributed by atoms with Gasteiger partial charge in [-0.05, 0) is 13.8 Å². The fourth-order valence-corrected chi connectivity index (χ4v) is 2.92. The first-order valence-corrected chi connectivity index (χ1v) is 7.35. The highest BCUT2D eigenvalue weighted by molar-refractivity contribution is 5.75. The van der Waals surface area contributed by atoms with Gasteiger partial charge < -0.3 is 19.9 Å². The molecule has 3 heterocycles. The van der Waals surface area contributed by atoms with Crippen LogP contribution >= 0.6 is 0 Å². The van der Waals surface area contributed by atoms with Crippen LogP contribution in [0.4, 0.5) is 10.6 Å². The van der Waals surface area contributed by atoms with Gasteiger partial charge in [0.15, 0.2) is 0 Å². The number of amides is 2. The van der Waals surface area contributed by atoms with E-state index < -0.39 is 0 Å². The molecule has 2 aliphatic rings. The zero-order valence-corrected chi connectivity index (χ0v) is 12.4. The number of fused-ring (bicyclic) bond motifs is 1. The molecule has 0 radical (unpaired) electrons. The van der Waals surface area contributed by atoms with Gasteiger partial charge in [0, 0.05) is 31.5 Å². The van der Waals surface area contributed by atoms with Crippen LogP contribution < -0.4 is 10.2 Å². The Labute approximate surface area is 124 Å². The molecular formula is C14H21N5O2. The lowest BCUT2D eigenvalue weighted by atomic mass is 10.1. The maximum Gasteiger partial charge on any atom is 0.317 e. The van der Waals surface area contributed by atoms with Crippen LogP contribution in [0.5, 0.6) is 0 Å². The van der Waals surface area contributed by atoms with Gasteiger partial charge in [-0.15, -0.1) is 0 Å². The van der Waals surface area contributed by atoms with Crippen LogP contribution in [0.25, 0.3) is 0 Å². The van der Waals surface area contributed by atoms with Crippen LogP contribution in [-0.2, 0) is 4.74 Å². The molecule has 0 spiro atoms. The summed E-state index contributed by atoms with van der Waals surface area (Å²) in [5, 5.41) is 2.93. The second-order valence-electron chi connectivity index (χ2n) is 5.74. The van der Waals surface area contributed by atoms with Crippen molar-refractivity contribution in [2.75, 3.05) is 31.1 Å². The Morgan fingerprint density at radius 2 is 2.29 bits per heavy atom. The molecule has 1 aromatic heterocycles. The SMILES string of the molecule is CC(C)NC(=O)N1C[C@@H]2OCCN(c3cnccn3)[C@H]2C1. The first-order valence-electron chi connectivity index (χ1n) is 7.35. The van der Waals surface area contributed by atoms with Gasteiger partial charge >= 0.3 is 6.03 Å². The van der Waals surface area contributed by atoms with Crippen molar-refractivity contribution in [1.82, 2.24) is 20.2 Å². The Kier molecular flexibility index (Phi) is 3.92. The Bertz CT molecular complexity index is 495. The molecular weight excluding hydrogens is 270 g/mol. The monoisotopic (exact) mass is 291 g/mol. The number of nitrogens with zero attached hydrogens (tertiary/aromatic N) is 4. The molecule has 7 nitrogen and oxygen atoms in total. The maximum absolute atomic E-state index is 12.2. The van der Waals surface area contributed by atoms with Gasteiger partial charge in [0.05, 0.1) is 31.5 Å². The highest BCUT2D eigenvalue weighted by atomic mass is 16.5. The molecule has 0 unspecified atom stereocenters. The van der Waals surface area contributed by atoms with Crippen LogP contribution in [0.3, 0.4) is 0 Å². The van der Waals surface area contributed by atoms with Crippen molar-refractivity contribution in [2.24, 2.45) is 0 Å². The molecule has 7 heteroatoms. The molecule has 21 heavy (non-hydrogen) atoms. The standard InChI is InChI=1S/C14H21N5O2/c1-10(2)17-14(20)18-8-11-12(9-18)21-6-5-19(11)13-7-15-3-4-16-13/h3-4,7,10-12H,5-6,8-9H2,1-2H3,(H,17,20)/t11-,12-/m0/s1. The molecule has 2 atom stereocenters. The van der Waals surface area contributed by atoms with Crippen LogP contribution in [0.2, 0.25) is 0 Å². The van der Waals surface area contributed by atoms with Crippen molar-refractivity contribution in [1.29, 1.82) is 0 Å². The average Bonchev–Trinajstić information content (AvgIpc) is 2.91. The van der Waals surface area contributed by atoms with Gasteiger partial charge in [0.2, 0.25) is 0 Å². The van der Waals surface area contributed by atoms with Gasteiger partial charge in [0.25, 0.3) is 0 Å². The summed E-state index contributed by atoms with van der Waals surface area (Å²) in [6, 6.07) is 0.257. The van der Waals surface area contributed by atoms with E-state index >= 15 is 0 Å².